The van der Waals surface area contributed by atoms with Crippen LogP contribution in [0.5, 0.6) is 11.5 Å². The maximum atomic E-state index is 12.7. The van der Waals surface area contributed by atoms with Crippen molar-refractivity contribution in [3.8, 4) is 11.5 Å². The topological polar surface area (TPSA) is 54.9 Å². The van der Waals surface area contributed by atoms with Crippen molar-refractivity contribution in [2.24, 2.45) is 0 Å². The first-order chi connectivity index (χ1) is 12.9. The minimum Gasteiger partial charge on any atom is -0.493 e. The number of carbonyl (C=O) groups excluding carboxylic acids is 1. The summed E-state index contributed by atoms with van der Waals surface area (Å²) < 4.78 is 47.0. The van der Waals surface area contributed by atoms with E-state index < -0.39 is 18.0 Å². The van der Waals surface area contributed by atoms with Crippen LogP contribution in [0.1, 0.15) is 10.4 Å². The molecule has 6 nitrogen and oxygen atoms in total. The van der Waals surface area contributed by atoms with Gasteiger partial charge < -0.3 is 19.3 Å². The second-order valence-corrected chi connectivity index (χ2v) is 5.87. The fraction of sp³-hybridized carbons (Fsp3) is 0.333. The third-order valence-corrected chi connectivity index (χ3v) is 4.23. The third-order valence-electron chi connectivity index (χ3n) is 4.23. The quantitative estimate of drug-likeness (QED) is 0.815. The van der Waals surface area contributed by atoms with Crippen molar-refractivity contribution in [1.82, 2.24) is 9.88 Å². The van der Waals surface area contributed by atoms with E-state index in [4.69, 9.17) is 4.74 Å². The number of aromatic nitrogens is 1. The molecule has 1 aromatic heterocycles. The van der Waals surface area contributed by atoms with Crippen molar-refractivity contribution in [2.75, 3.05) is 38.2 Å². The zero-order valence-corrected chi connectivity index (χ0v) is 14.6. The number of hydrogen-bond donors (Lipinski definition) is 0. The molecule has 0 unspecified atom stereocenters. The molecule has 0 radical (unpaired) electrons. The maximum Gasteiger partial charge on any atom is 0.573 e. The predicted octanol–water partition coefficient (Wildman–Crippen LogP) is 2.95. The number of amides is 1. The molecule has 0 spiro atoms. The van der Waals surface area contributed by atoms with E-state index in [1.54, 1.807) is 19.5 Å². The lowest BCUT2D eigenvalue weighted by Gasteiger charge is -2.36. The summed E-state index contributed by atoms with van der Waals surface area (Å²) in [6, 6.07) is 7.20. The molecule has 1 saturated heterocycles. The molecule has 9 heteroatoms. The van der Waals surface area contributed by atoms with Gasteiger partial charge in [0.15, 0.2) is 5.75 Å². The third kappa shape index (κ3) is 4.42. The van der Waals surface area contributed by atoms with Crippen LogP contribution in [-0.4, -0.2) is 55.4 Å². The molecule has 1 aliphatic rings. The van der Waals surface area contributed by atoms with E-state index in [9.17, 15) is 18.0 Å². The summed E-state index contributed by atoms with van der Waals surface area (Å²) in [6.45, 7) is 1.78. The molecule has 144 valence electrons. The minimum absolute atomic E-state index is 0.107. The molecule has 3 rings (SSSR count). The number of methoxy groups -OCH3 is 1. The second kappa shape index (κ2) is 7.73. The highest BCUT2D eigenvalue weighted by molar-refractivity contribution is 5.97. The fourth-order valence-electron chi connectivity index (χ4n) is 2.97. The molecule has 27 heavy (non-hydrogen) atoms. The average Bonchev–Trinajstić information content (AvgIpc) is 2.67. The number of hydrogen-bond acceptors (Lipinski definition) is 5. The van der Waals surface area contributed by atoms with Gasteiger partial charge in [0.2, 0.25) is 0 Å². The van der Waals surface area contributed by atoms with E-state index in [0.717, 1.165) is 11.8 Å². The number of anilines is 1. The Bertz CT molecular complexity index is 806. The van der Waals surface area contributed by atoms with Crippen LogP contribution < -0.4 is 14.4 Å². The van der Waals surface area contributed by atoms with Crippen LogP contribution in [0.15, 0.2) is 42.7 Å². The Balaban J connectivity index is 1.71. The van der Waals surface area contributed by atoms with Crippen LogP contribution in [0.3, 0.4) is 0 Å². The molecule has 1 aromatic carbocycles. The van der Waals surface area contributed by atoms with Gasteiger partial charge in [-0.1, -0.05) is 12.1 Å². The number of halogens is 3. The summed E-state index contributed by atoms with van der Waals surface area (Å²) in [5, 5.41) is 0. The van der Waals surface area contributed by atoms with Gasteiger partial charge in [0.05, 0.1) is 24.6 Å². The van der Waals surface area contributed by atoms with Crippen LogP contribution in [0.2, 0.25) is 0 Å². The van der Waals surface area contributed by atoms with Gasteiger partial charge in [0.1, 0.15) is 5.75 Å². The largest absolute Gasteiger partial charge is 0.573 e. The molecule has 0 bridgehead atoms. The normalized spacial score (nSPS) is 14.8. The molecular weight excluding hydrogens is 363 g/mol. The van der Waals surface area contributed by atoms with Crippen molar-refractivity contribution in [2.45, 2.75) is 6.36 Å². The molecule has 1 aliphatic heterocycles. The number of piperazine rings is 1. The number of para-hydroxylation sites is 1. The fourth-order valence-corrected chi connectivity index (χ4v) is 2.97. The monoisotopic (exact) mass is 381 g/mol. The lowest BCUT2D eigenvalue weighted by atomic mass is 10.1. The number of pyridine rings is 1. The van der Waals surface area contributed by atoms with Gasteiger partial charge in [-0.3, -0.25) is 9.78 Å². The van der Waals surface area contributed by atoms with Crippen LogP contribution in [-0.2, 0) is 0 Å². The van der Waals surface area contributed by atoms with E-state index in [1.807, 2.05) is 11.0 Å². The Labute approximate surface area is 154 Å². The van der Waals surface area contributed by atoms with Crippen LogP contribution in [0, 0.1) is 0 Å². The van der Waals surface area contributed by atoms with Crippen LogP contribution in [0.4, 0.5) is 18.9 Å². The minimum atomic E-state index is -4.85. The van der Waals surface area contributed by atoms with Crippen molar-refractivity contribution in [3.63, 3.8) is 0 Å². The summed E-state index contributed by atoms with van der Waals surface area (Å²) >= 11 is 0. The van der Waals surface area contributed by atoms with Crippen molar-refractivity contribution in [1.29, 1.82) is 0 Å². The number of nitrogens with zero attached hydrogens (tertiary/aromatic N) is 3. The molecule has 0 aliphatic carbocycles. The molecule has 0 atom stereocenters. The number of carbonyl (C=O) groups is 1. The van der Waals surface area contributed by atoms with E-state index in [0.29, 0.717) is 31.9 Å². The summed E-state index contributed by atoms with van der Waals surface area (Å²) in [6.07, 6.45) is -1.59. The summed E-state index contributed by atoms with van der Waals surface area (Å²) in [4.78, 5) is 20.3. The Morgan fingerprint density at radius 1 is 1.07 bits per heavy atom. The first-order valence-electron chi connectivity index (χ1n) is 8.26. The predicted molar refractivity (Wildman–Crippen MR) is 92.0 cm³/mol. The Morgan fingerprint density at radius 3 is 2.44 bits per heavy atom. The van der Waals surface area contributed by atoms with Crippen LogP contribution >= 0.6 is 0 Å². The average molecular weight is 381 g/mol. The van der Waals surface area contributed by atoms with Gasteiger partial charge in [-0.25, -0.2) is 0 Å². The molecule has 2 heterocycles. The number of rotatable bonds is 4. The van der Waals surface area contributed by atoms with Crippen molar-refractivity contribution < 1.29 is 27.4 Å². The Kier molecular flexibility index (Phi) is 5.38. The zero-order chi connectivity index (χ0) is 19.4. The highest BCUT2D eigenvalue weighted by Crippen LogP contribution is 2.29. The van der Waals surface area contributed by atoms with Crippen molar-refractivity contribution in [3.05, 3.63) is 48.3 Å². The van der Waals surface area contributed by atoms with Gasteiger partial charge in [0, 0.05) is 32.4 Å². The van der Waals surface area contributed by atoms with Gasteiger partial charge in [0.25, 0.3) is 5.91 Å². The second-order valence-electron chi connectivity index (χ2n) is 5.87. The summed E-state index contributed by atoms with van der Waals surface area (Å²) in [7, 11) is 1.55. The molecule has 0 saturated carbocycles. The molecule has 1 fully saturated rings. The number of alkyl halides is 3. The van der Waals surface area contributed by atoms with Crippen molar-refractivity contribution >= 4 is 11.6 Å². The molecular formula is C18H18F3N3O3. The number of ether oxygens (including phenoxy) is 2. The van der Waals surface area contributed by atoms with Gasteiger partial charge in [-0.05, 0) is 18.2 Å². The summed E-state index contributed by atoms with van der Waals surface area (Å²) in [5.41, 5.74) is 0.755. The highest BCUT2D eigenvalue weighted by Gasteiger charge is 2.34. The van der Waals surface area contributed by atoms with Gasteiger partial charge in [-0.2, -0.15) is 0 Å². The first-order valence-corrected chi connectivity index (χ1v) is 8.26. The van der Waals surface area contributed by atoms with Crippen LogP contribution in [0.25, 0.3) is 0 Å². The van der Waals surface area contributed by atoms with Gasteiger partial charge >= 0.3 is 6.36 Å². The standard InChI is InChI=1S/C18H18F3N3O3/c1-26-16-12-22-7-6-14(16)23-8-10-24(11-9-23)17(25)13-4-2-3-5-15(13)27-18(19,20)21/h2-7,12H,8-11H2,1H3. The molecule has 1 amide bonds. The van der Waals surface area contributed by atoms with E-state index in [2.05, 4.69) is 9.72 Å². The zero-order valence-electron chi connectivity index (χ0n) is 14.6. The SMILES string of the molecule is COc1cnccc1N1CCN(C(=O)c2ccccc2OC(F)(F)F)CC1. The highest BCUT2D eigenvalue weighted by atomic mass is 19.4. The lowest BCUT2D eigenvalue weighted by Crippen LogP contribution is -2.49. The lowest BCUT2D eigenvalue weighted by molar-refractivity contribution is -0.274. The van der Waals surface area contributed by atoms with E-state index >= 15 is 0 Å². The smallest absolute Gasteiger partial charge is 0.493 e. The van der Waals surface area contributed by atoms with Gasteiger partial charge in [-0.15, -0.1) is 13.2 Å². The Hall–Kier alpha value is -2.97. The Morgan fingerprint density at radius 2 is 1.78 bits per heavy atom. The maximum absolute atomic E-state index is 12.7. The number of benzene rings is 1. The van der Waals surface area contributed by atoms with E-state index in [1.165, 1.54) is 23.1 Å². The molecule has 0 N–H and O–H groups in total. The first kappa shape index (κ1) is 18.8. The summed E-state index contributed by atoms with van der Waals surface area (Å²) in [5.74, 6) is -0.356. The van der Waals surface area contributed by atoms with E-state index in [-0.39, 0.29) is 5.56 Å². The molecule has 2 aromatic rings.